The standard InChI is InChI=1S/C18H23N5O3/c1-26-15-4-2-13(3-5-15)12-22-8-6-14(7-9-22)21-18-10-16(19)17(11-20-18)23(24)25/h2-5,10-11,14H,6-9,12H2,1H3,(H3,19,20,21). The van der Waals surface area contributed by atoms with Crippen molar-refractivity contribution < 1.29 is 9.66 Å². The van der Waals surface area contributed by atoms with Gasteiger partial charge in [0.05, 0.1) is 12.0 Å². The second-order valence-electron chi connectivity index (χ2n) is 6.43. The average Bonchev–Trinajstić information content (AvgIpc) is 2.64. The van der Waals surface area contributed by atoms with Crippen LogP contribution in [0, 0.1) is 10.1 Å². The topological polar surface area (TPSA) is 107 Å². The van der Waals surface area contributed by atoms with Crippen LogP contribution in [0.15, 0.2) is 36.5 Å². The summed E-state index contributed by atoms with van der Waals surface area (Å²) in [4.78, 5) is 16.8. The van der Waals surface area contributed by atoms with E-state index in [2.05, 4.69) is 27.3 Å². The van der Waals surface area contributed by atoms with Gasteiger partial charge in [0.2, 0.25) is 0 Å². The number of hydrogen-bond acceptors (Lipinski definition) is 7. The lowest BCUT2D eigenvalue weighted by Crippen LogP contribution is -2.38. The van der Waals surface area contributed by atoms with Crippen LogP contribution in [0.2, 0.25) is 0 Å². The zero-order valence-electron chi connectivity index (χ0n) is 14.7. The van der Waals surface area contributed by atoms with E-state index in [9.17, 15) is 10.1 Å². The highest BCUT2D eigenvalue weighted by Gasteiger charge is 2.20. The number of methoxy groups -OCH3 is 1. The van der Waals surface area contributed by atoms with E-state index in [1.54, 1.807) is 7.11 Å². The zero-order chi connectivity index (χ0) is 18.5. The summed E-state index contributed by atoms with van der Waals surface area (Å²) in [5.74, 6) is 1.45. The van der Waals surface area contributed by atoms with Gasteiger partial charge in [-0.3, -0.25) is 15.0 Å². The van der Waals surface area contributed by atoms with Gasteiger partial charge in [0.25, 0.3) is 0 Å². The van der Waals surface area contributed by atoms with Crippen molar-refractivity contribution in [2.24, 2.45) is 0 Å². The number of likely N-dealkylation sites (tertiary alicyclic amines) is 1. The summed E-state index contributed by atoms with van der Waals surface area (Å²) in [7, 11) is 1.67. The Morgan fingerprint density at radius 2 is 2.04 bits per heavy atom. The molecule has 0 spiro atoms. The van der Waals surface area contributed by atoms with Crippen molar-refractivity contribution in [1.82, 2.24) is 9.88 Å². The van der Waals surface area contributed by atoms with Crippen LogP contribution in [0.1, 0.15) is 18.4 Å². The second kappa shape index (κ2) is 8.01. The van der Waals surface area contributed by atoms with Gasteiger partial charge < -0.3 is 15.8 Å². The molecule has 0 saturated carbocycles. The van der Waals surface area contributed by atoms with Gasteiger partial charge in [-0.2, -0.15) is 0 Å². The normalized spacial score (nSPS) is 15.6. The molecule has 3 N–H and O–H groups in total. The first-order chi connectivity index (χ1) is 12.5. The molecular weight excluding hydrogens is 334 g/mol. The minimum atomic E-state index is -0.524. The number of nitro groups is 1. The van der Waals surface area contributed by atoms with Crippen molar-refractivity contribution in [1.29, 1.82) is 0 Å². The number of aromatic nitrogens is 1. The largest absolute Gasteiger partial charge is 0.497 e. The lowest BCUT2D eigenvalue weighted by atomic mass is 10.0. The lowest BCUT2D eigenvalue weighted by molar-refractivity contribution is -0.384. The molecular formula is C18H23N5O3. The number of nitrogens with two attached hydrogens (primary N) is 1. The summed E-state index contributed by atoms with van der Waals surface area (Å²) < 4.78 is 5.18. The third kappa shape index (κ3) is 4.40. The van der Waals surface area contributed by atoms with Crippen LogP contribution in [0.5, 0.6) is 5.75 Å². The fraction of sp³-hybridized carbons (Fsp3) is 0.389. The molecule has 2 aromatic rings. The molecule has 0 unspecified atom stereocenters. The van der Waals surface area contributed by atoms with Crippen LogP contribution in [0.25, 0.3) is 0 Å². The molecule has 138 valence electrons. The van der Waals surface area contributed by atoms with Crippen molar-refractivity contribution in [2.75, 3.05) is 31.2 Å². The van der Waals surface area contributed by atoms with E-state index in [0.717, 1.165) is 38.2 Å². The number of anilines is 2. The van der Waals surface area contributed by atoms with Crippen LogP contribution >= 0.6 is 0 Å². The van der Waals surface area contributed by atoms with Gasteiger partial charge >= 0.3 is 5.69 Å². The second-order valence-corrected chi connectivity index (χ2v) is 6.43. The molecule has 26 heavy (non-hydrogen) atoms. The number of pyridine rings is 1. The third-order valence-electron chi connectivity index (χ3n) is 4.62. The number of nitrogen functional groups attached to an aromatic ring is 1. The Labute approximate surface area is 152 Å². The number of piperidine rings is 1. The van der Waals surface area contributed by atoms with Crippen molar-refractivity contribution >= 4 is 17.2 Å². The Kier molecular flexibility index (Phi) is 5.52. The Morgan fingerprint density at radius 3 is 2.62 bits per heavy atom. The summed E-state index contributed by atoms with van der Waals surface area (Å²) in [6.07, 6.45) is 3.17. The average molecular weight is 357 g/mol. The van der Waals surface area contributed by atoms with Gasteiger partial charge in [0.15, 0.2) is 0 Å². The van der Waals surface area contributed by atoms with Crippen LogP contribution < -0.4 is 15.8 Å². The molecule has 0 atom stereocenters. The zero-order valence-corrected chi connectivity index (χ0v) is 14.7. The van der Waals surface area contributed by atoms with E-state index in [1.165, 1.54) is 17.8 Å². The molecule has 1 aliphatic heterocycles. The van der Waals surface area contributed by atoms with Crippen molar-refractivity contribution in [3.8, 4) is 5.75 Å². The summed E-state index contributed by atoms with van der Waals surface area (Å²) in [6.45, 7) is 2.87. The molecule has 8 heteroatoms. The van der Waals surface area contributed by atoms with Crippen LogP contribution in [0.4, 0.5) is 17.2 Å². The molecule has 0 radical (unpaired) electrons. The summed E-state index contributed by atoms with van der Waals surface area (Å²) in [5, 5.41) is 14.1. The van der Waals surface area contributed by atoms with E-state index >= 15 is 0 Å². The molecule has 0 bridgehead atoms. The highest BCUT2D eigenvalue weighted by Crippen LogP contribution is 2.24. The fourth-order valence-corrected chi connectivity index (χ4v) is 3.13. The van der Waals surface area contributed by atoms with Crippen molar-refractivity contribution in [3.05, 3.63) is 52.2 Å². The fourth-order valence-electron chi connectivity index (χ4n) is 3.13. The Hall–Kier alpha value is -2.87. The smallest absolute Gasteiger partial charge is 0.310 e. The van der Waals surface area contributed by atoms with Gasteiger partial charge in [-0.05, 0) is 30.5 Å². The van der Waals surface area contributed by atoms with E-state index in [0.29, 0.717) is 5.82 Å². The lowest BCUT2D eigenvalue weighted by Gasteiger charge is -2.32. The predicted octanol–water partition coefficient (Wildman–Crippen LogP) is 2.66. The van der Waals surface area contributed by atoms with Gasteiger partial charge in [0, 0.05) is 31.7 Å². The van der Waals surface area contributed by atoms with Crippen molar-refractivity contribution in [3.63, 3.8) is 0 Å². The number of ether oxygens (including phenoxy) is 1. The Bertz CT molecular complexity index is 758. The predicted molar refractivity (Wildman–Crippen MR) is 100 cm³/mol. The summed E-state index contributed by atoms with van der Waals surface area (Å²) >= 11 is 0. The number of benzene rings is 1. The van der Waals surface area contributed by atoms with Gasteiger partial charge in [-0.15, -0.1) is 0 Å². The van der Waals surface area contributed by atoms with E-state index in [-0.39, 0.29) is 17.4 Å². The van der Waals surface area contributed by atoms with Gasteiger partial charge in [-0.1, -0.05) is 12.1 Å². The van der Waals surface area contributed by atoms with Crippen LogP contribution in [-0.2, 0) is 6.54 Å². The molecule has 1 aliphatic rings. The molecule has 1 aromatic heterocycles. The Balaban J connectivity index is 1.50. The number of rotatable bonds is 6. The third-order valence-corrected chi connectivity index (χ3v) is 4.62. The first-order valence-electron chi connectivity index (χ1n) is 8.57. The van der Waals surface area contributed by atoms with Crippen molar-refractivity contribution in [2.45, 2.75) is 25.4 Å². The molecule has 0 aliphatic carbocycles. The van der Waals surface area contributed by atoms with Crippen LogP contribution in [-0.4, -0.2) is 41.0 Å². The SMILES string of the molecule is COc1ccc(CN2CCC(Nc3cc(N)c([N+](=O)[O-])cn3)CC2)cc1. The number of nitrogens with zero attached hydrogens (tertiary/aromatic N) is 3. The minimum absolute atomic E-state index is 0.129. The maximum absolute atomic E-state index is 10.8. The van der Waals surface area contributed by atoms with Gasteiger partial charge in [0.1, 0.15) is 23.5 Å². The van der Waals surface area contributed by atoms with E-state index < -0.39 is 4.92 Å². The Morgan fingerprint density at radius 1 is 1.35 bits per heavy atom. The van der Waals surface area contributed by atoms with E-state index in [4.69, 9.17) is 10.5 Å². The highest BCUT2D eigenvalue weighted by molar-refractivity contribution is 5.62. The molecule has 3 rings (SSSR count). The van der Waals surface area contributed by atoms with Crippen LogP contribution in [0.3, 0.4) is 0 Å². The maximum Gasteiger partial charge on any atom is 0.310 e. The molecule has 8 nitrogen and oxygen atoms in total. The maximum atomic E-state index is 10.8. The summed E-state index contributed by atoms with van der Waals surface area (Å²) in [5.41, 5.74) is 6.95. The monoisotopic (exact) mass is 357 g/mol. The minimum Gasteiger partial charge on any atom is -0.497 e. The molecule has 1 aromatic carbocycles. The first-order valence-corrected chi connectivity index (χ1v) is 8.57. The quantitative estimate of drug-likeness (QED) is 0.604. The number of hydrogen-bond donors (Lipinski definition) is 2. The molecule has 1 fully saturated rings. The molecule has 2 heterocycles. The van der Waals surface area contributed by atoms with Gasteiger partial charge in [-0.25, -0.2) is 4.98 Å². The molecule has 1 saturated heterocycles. The molecule has 0 amide bonds. The highest BCUT2D eigenvalue weighted by atomic mass is 16.6. The van der Waals surface area contributed by atoms with E-state index in [1.807, 2.05) is 12.1 Å². The first kappa shape index (κ1) is 17.9. The summed E-state index contributed by atoms with van der Waals surface area (Å²) in [6, 6.07) is 9.96. The number of nitrogens with one attached hydrogen (secondary N) is 1.